The van der Waals surface area contributed by atoms with Gasteiger partial charge in [-0.1, -0.05) is 0 Å². The highest BCUT2D eigenvalue weighted by atomic mass is 32.1. The minimum Gasteiger partial charge on any atom is -0.481 e. The molecule has 11 heavy (non-hydrogen) atoms. The quantitative estimate of drug-likeness (QED) is 0.738. The molecule has 0 aliphatic rings. The van der Waals surface area contributed by atoms with E-state index in [1.807, 2.05) is 16.8 Å². The van der Waals surface area contributed by atoms with Crippen molar-refractivity contribution in [3.05, 3.63) is 22.4 Å². The molecule has 1 aromatic rings. The molecule has 0 atom stereocenters. The molecule has 0 unspecified atom stereocenters. The van der Waals surface area contributed by atoms with E-state index in [2.05, 4.69) is 0 Å². The van der Waals surface area contributed by atoms with E-state index in [0.717, 1.165) is 5.56 Å². The molecule has 0 aliphatic heterocycles. The van der Waals surface area contributed by atoms with Crippen LogP contribution in [0.5, 0.6) is 0 Å². The van der Waals surface area contributed by atoms with E-state index in [-0.39, 0.29) is 0 Å². The molecule has 0 spiro atoms. The van der Waals surface area contributed by atoms with Crippen molar-refractivity contribution in [1.29, 1.82) is 0 Å². The lowest BCUT2D eigenvalue weighted by Crippen LogP contribution is -2.27. The Hall–Kier alpha value is -0.830. The van der Waals surface area contributed by atoms with Crippen molar-refractivity contribution in [1.82, 2.24) is 0 Å². The Morgan fingerprint density at radius 2 is 2.27 bits per heavy atom. The predicted molar refractivity (Wildman–Crippen MR) is 45.0 cm³/mol. The van der Waals surface area contributed by atoms with Gasteiger partial charge in [-0.15, -0.1) is 0 Å². The maximum absolute atomic E-state index is 10.7. The predicted octanol–water partition coefficient (Wildman–Crippen LogP) is 2.11. The Morgan fingerprint density at radius 1 is 1.64 bits per heavy atom. The van der Waals surface area contributed by atoms with Gasteiger partial charge in [-0.25, -0.2) is 0 Å². The Bertz CT molecular complexity index is 249. The van der Waals surface area contributed by atoms with Gasteiger partial charge in [-0.3, -0.25) is 4.79 Å². The fraction of sp³-hybridized carbons (Fsp3) is 0.375. The molecular weight excluding hydrogens is 160 g/mol. The van der Waals surface area contributed by atoms with E-state index in [0.29, 0.717) is 0 Å². The summed E-state index contributed by atoms with van der Waals surface area (Å²) in [6.45, 7) is 3.41. The summed E-state index contributed by atoms with van der Waals surface area (Å²) in [5, 5.41) is 12.6. The van der Waals surface area contributed by atoms with Crippen LogP contribution in [-0.4, -0.2) is 11.1 Å². The fourth-order valence-corrected chi connectivity index (χ4v) is 1.57. The standard InChI is InChI=1S/C8H10O2S/c1-8(2,7(9)10)6-3-4-11-5-6/h3-5H,1-2H3,(H,9,10). The summed E-state index contributed by atoms with van der Waals surface area (Å²) in [7, 11) is 0. The molecular formula is C8H10O2S. The largest absolute Gasteiger partial charge is 0.481 e. The van der Waals surface area contributed by atoms with Crippen molar-refractivity contribution in [3.8, 4) is 0 Å². The van der Waals surface area contributed by atoms with Crippen molar-refractivity contribution < 1.29 is 9.90 Å². The van der Waals surface area contributed by atoms with Crippen LogP contribution < -0.4 is 0 Å². The van der Waals surface area contributed by atoms with Gasteiger partial charge in [0.05, 0.1) is 5.41 Å². The molecule has 1 rings (SSSR count). The lowest BCUT2D eigenvalue weighted by Gasteiger charge is -2.16. The molecule has 0 bridgehead atoms. The van der Waals surface area contributed by atoms with E-state index in [9.17, 15) is 4.79 Å². The smallest absolute Gasteiger partial charge is 0.313 e. The van der Waals surface area contributed by atoms with E-state index in [4.69, 9.17) is 5.11 Å². The monoisotopic (exact) mass is 170 g/mol. The third kappa shape index (κ3) is 1.43. The van der Waals surface area contributed by atoms with Gasteiger partial charge in [0.25, 0.3) is 0 Å². The average molecular weight is 170 g/mol. The summed E-state index contributed by atoms with van der Waals surface area (Å²) in [4.78, 5) is 10.7. The summed E-state index contributed by atoms with van der Waals surface area (Å²) in [5.41, 5.74) is 0.120. The maximum Gasteiger partial charge on any atom is 0.313 e. The van der Waals surface area contributed by atoms with Gasteiger partial charge in [-0.05, 0) is 36.2 Å². The average Bonchev–Trinajstić information content (AvgIpc) is 2.37. The van der Waals surface area contributed by atoms with E-state index in [1.165, 1.54) is 11.3 Å². The van der Waals surface area contributed by atoms with Crippen LogP contribution in [0.4, 0.5) is 0 Å². The highest BCUT2D eigenvalue weighted by molar-refractivity contribution is 7.08. The van der Waals surface area contributed by atoms with Gasteiger partial charge in [0, 0.05) is 0 Å². The van der Waals surface area contributed by atoms with Crippen LogP contribution in [0.25, 0.3) is 0 Å². The second-order valence-corrected chi connectivity index (χ2v) is 3.72. The van der Waals surface area contributed by atoms with Crippen molar-refractivity contribution >= 4 is 17.3 Å². The minimum absolute atomic E-state index is 0.750. The first-order chi connectivity index (χ1) is 5.05. The third-order valence-electron chi connectivity index (χ3n) is 1.78. The van der Waals surface area contributed by atoms with E-state index >= 15 is 0 Å². The molecule has 1 N–H and O–H groups in total. The van der Waals surface area contributed by atoms with Crippen molar-refractivity contribution in [2.45, 2.75) is 19.3 Å². The van der Waals surface area contributed by atoms with Gasteiger partial charge in [-0.2, -0.15) is 11.3 Å². The van der Waals surface area contributed by atoms with Crippen molar-refractivity contribution in [3.63, 3.8) is 0 Å². The molecule has 0 amide bonds. The Morgan fingerprint density at radius 3 is 2.64 bits per heavy atom. The van der Waals surface area contributed by atoms with E-state index in [1.54, 1.807) is 13.8 Å². The molecule has 0 aliphatic carbocycles. The summed E-state index contributed by atoms with van der Waals surface area (Å²) >= 11 is 1.52. The van der Waals surface area contributed by atoms with Crippen LogP contribution in [0.1, 0.15) is 19.4 Å². The SMILES string of the molecule is CC(C)(C(=O)O)c1ccsc1. The second-order valence-electron chi connectivity index (χ2n) is 2.94. The highest BCUT2D eigenvalue weighted by Crippen LogP contribution is 2.24. The van der Waals surface area contributed by atoms with Gasteiger partial charge in [0.1, 0.15) is 0 Å². The summed E-state index contributed by atoms with van der Waals surface area (Å²) < 4.78 is 0. The van der Waals surface area contributed by atoms with Gasteiger partial charge in [0.2, 0.25) is 0 Å². The molecule has 1 heterocycles. The molecule has 0 aromatic carbocycles. The fourth-order valence-electron chi connectivity index (χ4n) is 0.744. The normalized spacial score (nSPS) is 11.5. The second kappa shape index (κ2) is 2.66. The van der Waals surface area contributed by atoms with Crippen LogP contribution in [-0.2, 0) is 10.2 Å². The molecule has 1 aromatic heterocycles. The lowest BCUT2D eigenvalue weighted by molar-refractivity contribution is -0.142. The number of carboxylic acids is 1. The Balaban J connectivity index is 3.00. The van der Waals surface area contributed by atoms with Gasteiger partial charge in [0.15, 0.2) is 0 Å². The molecule has 60 valence electrons. The number of aliphatic carboxylic acids is 1. The molecule has 3 heteroatoms. The molecule has 0 saturated carbocycles. The Labute approximate surface area is 69.5 Å². The van der Waals surface area contributed by atoms with Crippen LogP contribution in [0.2, 0.25) is 0 Å². The highest BCUT2D eigenvalue weighted by Gasteiger charge is 2.29. The van der Waals surface area contributed by atoms with Crippen molar-refractivity contribution in [2.75, 3.05) is 0 Å². The van der Waals surface area contributed by atoms with Gasteiger partial charge < -0.3 is 5.11 Å². The summed E-state index contributed by atoms with van der Waals surface area (Å²) in [6.07, 6.45) is 0. The number of hydrogen-bond donors (Lipinski definition) is 1. The van der Waals surface area contributed by atoms with Crippen LogP contribution in [0.3, 0.4) is 0 Å². The first kappa shape index (κ1) is 8.27. The number of carboxylic acid groups (broad SMARTS) is 1. The molecule has 0 radical (unpaired) electrons. The van der Waals surface area contributed by atoms with Crippen LogP contribution in [0, 0.1) is 0 Å². The summed E-state index contributed by atoms with van der Waals surface area (Å²) in [6, 6.07) is 1.85. The number of hydrogen-bond acceptors (Lipinski definition) is 2. The van der Waals surface area contributed by atoms with Crippen LogP contribution >= 0.6 is 11.3 Å². The molecule has 2 nitrogen and oxygen atoms in total. The molecule has 0 fully saturated rings. The van der Waals surface area contributed by atoms with E-state index < -0.39 is 11.4 Å². The Kier molecular flexibility index (Phi) is 2.00. The third-order valence-corrected chi connectivity index (χ3v) is 2.46. The van der Waals surface area contributed by atoms with Crippen LogP contribution in [0.15, 0.2) is 16.8 Å². The first-order valence-electron chi connectivity index (χ1n) is 3.31. The topological polar surface area (TPSA) is 37.3 Å². The zero-order valence-electron chi connectivity index (χ0n) is 6.50. The minimum atomic E-state index is -0.782. The maximum atomic E-state index is 10.7. The van der Waals surface area contributed by atoms with Crippen molar-refractivity contribution in [2.24, 2.45) is 0 Å². The zero-order valence-corrected chi connectivity index (χ0v) is 7.31. The zero-order chi connectivity index (χ0) is 8.48. The first-order valence-corrected chi connectivity index (χ1v) is 4.25. The molecule has 0 saturated heterocycles. The number of carbonyl (C=O) groups is 1. The lowest BCUT2D eigenvalue weighted by atomic mass is 9.87. The van der Waals surface area contributed by atoms with Gasteiger partial charge >= 0.3 is 5.97 Å². The number of thiophene rings is 1. The number of rotatable bonds is 2. The summed E-state index contributed by atoms with van der Waals surface area (Å²) in [5.74, 6) is -0.782.